The molecule has 1 amide bonds. The molecule has 0 unspecified atom stereocenters. The van der Waals surface area contributed by atoms with Gasteiger partial charge in [0.2, 0.25) is 5.91 Å². The number of fused-ring (bicyclic) bond motifs is 1. The van der Waals surface area contributed by atoms with Crippen molar-refractivity contribution in [3.8, 4) is 5.69 Å². The molecule has 1 aliphatic rings. The molecule has 174 valence electrons. The summed E-state index contributed by atoms with van der Waals surface area (Å²) in [6, 6.07) is 7.81. The lowest BCUT2D eigenvalue weighted by molar-refractivity contribution is -0.119. The molecular formula is C23H24ClFN4O3S. The van der Waals surface area contributed by atoms with Gasteiger partial charge in [-0.3, -0.25) is 4.79 Å². The Morgan fingerprint density at radius 2 is 1.85 bits per heavy atom. The van der Waals surface area contributed by atoms with Crippen molar-refractivity contribution in [3.63, 3.8) is 0 Å². The molecule has 0 saturated carbocycles. The van der Waals surface area contributed by atoms with E-state index in [1.807, 2.05) is 20.8 Å². The van der Waals surface area contributed by atoms with E-state index in [0.29, 0.717) is 10.6 Å². The summed E-state index contributed by atoms with van der Waals surface area (Å²) < 4.78 is 42.4. The predicted octanol–water partition coefficient (Wildman–Crippen LogP) is 3.61. The zero-order valence-corrected chi connectivity index (χ0v) is 20.0. The highest BCUT2D eigenvalue weighted by Gasteiger charge is 2.37. The molecule has 3 aromatic rings. The van der Waals surface area contributed by atoms with Gasteiger partial charge in [-0.25, -0.2) is 17.5 Å². The summed E-state index contributed by atoms with van der Waals surface area (Å²) >= 11 is 5.96. The summed E-state index contributed by atoms with van der Waals surface area (Å²) in [6.07, 6.45) is 3.32. The van der Waals surface area contributed by atoms with E-state index in [1.54, 1.807) is 36.7 Å². The van der Waals surface area contributed by atoms with Crippen LogP contribution in [0, 0.1) is 5.82 Å². The molecule has 0 spiro atoms. The van der Waals surface area contributed by atoms with Gasteiger partial charge in [0.25, 0.3) is 0 Å². The second kappa shape index (κ2) is 8.23. The molecule has 2 aromatic carbocycles. The lowest BCUT2D eigenvalue weighted by Crippen LogP contribution is -2.45. The van der Waals surface area contributed by atoms with Crippen molar-refractivity contribution in [2.75, 3.05) is 10.7 Å². The van der Waals surface area contributed by atoms with Crippen molar-refractivity contribution in [1.82, 2.24) is 9.78 Å². The Kier molecular flexibility index (Phi) is 5.84. The van der Waals surface area contributed by atoms with Crippen LogP contribution in [0.15, 0.2) is 53.7 Å². The summed E-state index contributed by atoms with van der Waals surface area (Å²) in [5, 5.41) is 4.79. The number of carbonyl (C=O) groups excluding carboxylic acids is 1. The molecule has 10 heteroatoms. The molecule has 2 N–H and O–H groups in total. The zero-order valence-electron chi connectivity index (χ0n) is 18.4. The summed E-state index contributed by atoms with van der Waals surface area (Å²) in [5.41, 5.74) is 7.40. The minimum Gasteiger partial charge on any atom is -0.319 e. The van der Waals surface area contributed by atoms with E-state index in [9.17, 15) is 13.2 Å². The van der Waals surface area contributed by atoms with E-state index >= 15 is 4.39 Å². The lowest BCUT2D eigenvalue weighted by Gasteiger charge is -2.25. The van der Waals surface area contributed by atoms with E-state index in [1.165, 1.54) is 15.6 Å². The molecule has 4 rings (SSSR count). The van der Waals surface area contributed by atoms with Crippen LogP contribution in [-0.4, -0.2) is 35.9 Å². The molecule has 0 fully saturated rings. The Morgan fingerprint density at radius 1 is 1.18 bits per heavy atom. The molecule has 0 aliphatic carbocycles. The first-order valence-electron chi connectivity index (χ1n) is 10.3. The maximum absolute atomic E-state index is 15.2. The number of benzene rings is 2. The Balaban J connectivity index is 1.89. The quantitative estimate of drug-likeness (QED) is 0.604. The van der Waals surface area contributed by atoms with Crippen LogP contribution >= 0.6 is 11.6 Å². The minimum absolute atomic E-state index is 0.0313. The molecule has 33 heavy (non-hydrogen) atoms. The third-order valence-electron chi connectivity index (χ3n) is 5.59. The molecule has 1 aliphatic heterocycles. The number of halogens is 2. The third-order valence-corrected chi connectivity index (χ3v) is 7.63. The zero-order chi connectivity index (χ0) is 24.1. The first-order valence-corrected chi connectivity index (χ1v) is 12.3. The van der Waals surface area contributed by atoms with Crippen molar-refractivity contribution < 1.29 is 17.6 Å². The minimum atomic E-state index is -4.01. The van der Waals surface area contributed by atoms with Crippen molar-refractivity contribution in [2.45, 2.75) is 43.7 Å². The fourth-order valence-electron chi connectivity index (χ4n) is 3.66. The van der Waals surface area contributed by atoms with Gasteiger partial charge >= 0.3 is 0 Å². The highest BCUT2D eigenvalue weighted by atomic mass is 35.5. The average Bonchev–Trinajstić information content (AvgIpc) is 3.21. The van der Waals surface area contributed by atoms with Gasteiger partial charge < -0.3 is 10.6 Å². The van der Waals surface area contributed by atoms with E-state index in [0.717, 1.165) is 11.6 Å². The van der Waals surface area contributed by atoms with Gasteiger partial charge in [-0.15, -0.1) is 0 Å². The fourth-order valence-corrected chi connectivity index (χ4v) is 5.35. The van der Waals surface area contributed by atoms with Crippen molar-refractivity contribution in [1.29, 1.82) is 0 Å². The molecule has 0 radical (unpaired) electrons. The van der Waals surface area contributed by atoms with Gasteiger partial charge in [0.05, 0.1) is 35.1 Å². The van der Waals surface area contributed by atoms with Gasteiger partial charge in [-0.05, 0) is 40.8 Å². The SMILES string of the molecule is CC(C)(C)c1cnn(-c2cc3c(cc2F)S(=O)(=O)C[C@H](N)C(=O)N3Cc2ccc(Cl)cc2)c1. The van der Waals surface area contributed by atoms with Crippen LogP contribution in [0.4, 0.5) is 10.1 Å². The van der Waals surface area contributed by atoms with Gasteiger partial charge in [-0.2, -0.15) is 5.10 Å². The fraction of sp³-hybridized carbons (Fsp3) is 0.304. The maximum Gasteiger partial charge on any atom is 0.245 e. The van der Waals surface area contributed by atoms with Crippen LogP contribution in [0.2, 0.25) is 5.02 Å². The summed E-state index contributed by atoms with van der Waals surface area (Å²) in [4.78, 5) is 14.1. The number of rotatable bonds is 3. The maximum atomic E-state index is 15.2. The van der Waals surface area contributed by atoms with Crippen LogP contribution in [0.1, 0.15) is 31.9 Å². The summed E-state index contributed by atoms with van der Waals surface area (Å²) in [6.45, 7) is 6.05. The van der Waals surface area contributed by atoms with Gasteiger partial charge in [0, 0.05) is 11.2 Å². The number of nitrogens with zero attached hydrogens (tertiary/aromatic N) is 3. The van der Waals surface area contributed by atoms with Crippen LogP contribution in [-0.2, 0) is 26.6 Å². The Bertz CT molecular complexity index is 1330. The summed E-state index contributed by atoms with van der Waals surface area (Å²) in [7, 11) is -4.01. The smallest absolute Gasteiger partial charge is 0.245 e. The van der Waals surface area contributed by atoms with Gasteiger partial charge in [0.1, 0.15) is 11.5 Å². The predicted molar refractivity (Wildman–Crippen MR) is 125 cm³/mol. The first kappa shape index (κ1) is 23.4. The number of hydrogen-bond donors (Lipinski definition) is 1. The van der Waals surface area contributed by atoms with Gasteiger partial charge in [-0.1, -0.05) is 44.5 Å². The van der Waals surface area contributed by atoms with E-state index in [4.69, 9.17) is 17.3 Å². The molecular weight excluding hydrogens is 467 g/mol. The lowest BCUT2D eigenvalue weighted by atomic mass is 9.90. The normalized spacial score (nSPS) is 18.2. The number of nitrogens with two attached hydrogens (primary N) is 1. The highest BCUT2D eigenvalue weighted by Crippen LogP contribution is 2.35. The number of anilines is 1. The molecule has 1 aromatic heterocycles. The monoisotopic (exact) mass is 490 g/mol. The highest BCUT2D eigenvalue weighted by molar-refractivity contribution is 7.91. The standard InChI is InChI=1S/C23H24ClFN4O3S/c1-23(2,3)15-10-27-29(12-15)19-9-20-21(8-17(19)25)33(31,32)13-18(26)22(30)28(20)11-14-4-6-16(24)7-5-14/h4-10,12,18H,11,13,26H2,1-3H3/t18-/m0/s1. The molecule has 0 saturated heterocycles. The van der Waals surface area contributed by atoms with Crippen LogP contribution in [0.5, 0.6) is 0 Å². The van der Waals surface area contributed by atoms with Crippen LogP contribution < -0.4 is 10.6 Å². The Morgan fingerprint density at radius 3 is 2.45 bits per heavy atom. The van der Waals surface area contributed by atoms with Crippen LogP contribution in [0.3, 0.4) is 0 Å². The molecule has 1 atom stereocenters. The van der Waals surface area contributed by atoms with E-state index < -0.39 is 33.4 Å². The van der Waals surface area contributed by atoms with Crippen molar-refractivity contribution in [3.05, 3.63) is 70.8 Å². The van der Waals surface area contributed by atoms with E-state index in [-0.39, 0.29) is 28.2 Å². The molecule has 0 bridgehead atoms. The number of carbonyl (C=O) groups is 1. The molecule has 7 nitrogen and oxygen atoms in total. The average molecular weight is 491 g/mol. The molecule has 2 heterocycles. The Hall–Kier alpha value is -2.75. The van der Waals surface area contributed by atoms with E-state index in [2.05, 4.69) is 5.10 Å². The second-order valence-electron chi connectivity index (χ2n) is 9.13. The third kappa shape index (κ3) is 4.53. The topological polar surface area (TPSA) is 98.3 Å². The number of amides is 1. The van der Waals surface area contributed by atoms with Crippen molar-refractivity contribution >= 4 is 33.0 Å². The van der Waals surface area contributed by atoms with Crippen molar-refractivity contribution in [2.24, 2.45) is 5.73 Å². The second-order valence-corrected chi connectivity index (χ2v) is 11.6. The number of sulfone groups is 1. The first-order chi connectivity index (χ1) is 15.4. The number of hydrogen-bond acceptors (Lipinski definition) is 5. The van der Waals surface area contributed by atoms with Gasteiger partial charge in [0.15, 0.2) is 9.84 Å². The summed E-state index contributed by atoms with van der Waals surface area (Å²) in [5.74, 6) is -1.94. The Labute approximate surface area is 196 Å². The largest absolute Gasteiger partial charge is 0.319 e. The van der Waals surface area contributed by atoms with Crippen LogP contribution in [0.25, 0.3) is 5.69 Å². The number of aromatic nitrogens is 2.